The molecule has 4 heterocycles. The van der Waals surface area contributed by atoms with Gasteiger partial charge < -0.3 is 14.4 Å². The van der Waals surface area contributed by atoms with Gasteiger partial charge in [-0.15, -0.1) is 0 Å². The summed E-state index contributed by atoms with van der Waals surface area (Å²) in [5.41, 5.74) is 0.287. The molecular weight excluding hydrogens is 308 g/mol. The Hall–Kier alpha value is -2.54. The summed E-state index contributed by atoms with van der Waals surface area (Å²) >= 11 is 0. The van der Waals surface area contributed by atoms with Gasteiger partial charge in [-0.3, -0.25) is 9.78 Å². The lowest BCUT2D eigenvalue weighted by Crippen LogP contribution is -2.36. The van der Waals surface area contributed by atoms with Gasteiger partial charge in [0.1, 0.15) is 6.10 Å². The second-order valence-electron chi connectivity index (χ2n) is 6.19. The van der Waals surface area contributed by atoms with Crippen LogP contribution < -0.4 is 4.74 Å². The fraction of sp³-hybridized carbons (Fsp3) is 0.412. The molecule has 7 nitrogen and oxygen atoms in total. The van der Waals surface area contributed by atoms with Gasteiger partial charge in [0, 0.05) is 37.8 Å². The monoisotopic (exact) mass is 326 g/mol. The molecule has 2 aliphatic heterocycles. The number of nitrogens with zero attached hydrogens (tertiary/aromatic N) is 4. The summed E-state index contributed by atoms with van der Waals surface area (Å²) in [7, 11) is 0. The average molecular weight is 326 g/mol. The molecular formula is C17H18N4O3. The normalized spacial score (nSPS) is 26.0. The molecule has 2 aromatic rings. The van der Waals surface area contributed by atoms with E-state index in [0.29, 0.717) is 31.3 Å². The van der Waals surface area contributed by atoms with Crippen LogP contribution >= 0.6 is 0 Å². The number of hydrogen-bond donors (Lipinski definition) is 0. The van der Waals surface area contributed by atoms with Gasteiger partial charge in [-0.25, -0.2) is 9.97 Å². The zero-order chi connectivity index (χ0) is 16.4. The maximum atomic E-state index is 12.5. The van der Waals surface area contributed by atoms with Crippen molar-refractivity contribution < 1.29 is 14.3 Å². The molecule has 4 rings (SSSR count). The molecule has 0 bridgehead atoms. The summed E-state index contributed by atoms with van der Waals surface area (Å²) in [5, 5.41) is 0. The van der Waals surface area contributed by atoms with Crippen molar-refractivity contribution in [2.75, 3.05) is 19.7 Å². The Bertz CT molecular complexity index is 712. The predicted octanol–water partition coefficient (Wildman–Crippen LogP) is 1.32. The van der Waals surface area contributed by atoms with Crippen molar-refractivity contribution in [3.8, 4) is 6.01 Å². The van der Waals surface area contributed by atoms with E-state index in [-0.39, 0.29) is 17.6 Å². The molecule has 124 valence electrons. The third kappa shape index (κ3) is 2.94. The zero-order valence-corrected chi connectivity index (χ0v) is 13.2. The number of carbonyl (C=O) groups is 1. The molecule has 2 saturated heterocycles. The smallest absolute Gasteiger partial charge is 0.316 e. The lowest BCUT2D eigenvalue weighted by molar-refractivity contribution is 0.00973. The van der Waals surface area contributed by atoms with Crippen LogP contribution in [0.4, 0.5) is 0 Å². The quantitative estimate of drug-likeness (QED) is 0.847. The zero-order valence-electron chi connectivity index (χ0n) is 13.2. The number of hydrogen-bond acceptors (Lipinski definition) is 6. The Balaban J connectivity index is 1.39. The van der Waals surface area contributed by atoms with Crippen LogP contribution in [-0.4, -0.2) is 57.2 Å². The highest BCUT2D eigenvalue weighted by molar-refractivity contribution is 5.94. The minimum absolute atomic E-state index is 0.000615. The Labute approximate surface area is 139 Å². The number of rotatable bonds is 3. The van der Waals surface area contributed by atoms with Crippen molar-refractivity contribution in [2.24, 2.45) is 0 Å². The van der Waals surface area contributed by atoms with E-state index >= 15 is 0 Å². The highest BCUT2D eigenvalue weighted by Crippen LogP contribution is 2.36. The van der Waals surface area contributed by atoms with Gasteiger partial charge in [0.15, 0.2) is 0 Å². The van der Waals surface area contributed by atoms with E-state index in [1.807, 2.05) is 4.90 Å². The van der Waals surface area contributed by atoms with Crippen molar-refractivity contribution in [1.29, 1.82) is 0 Å². The number of amides is 1. The second kappa shape index (κ2) is 6.16. The maximum Gasteiger partial charge on any atom is 0.316 e. The Morgan fingerprint density at radius 2 is 2.17 bits per heavy atom. The van der Waals surface area contributed by atoms with E-state index in [1.54, 1.807) is 43.0 Å². The van der Waals surface area contributed by atoms with Crippen LogP contribution in [0.15, 0.2) is 43.0 Å². The SMILES string of the molecule is O=C(c1cccnc1)N1CC[C@]2(C[C@H](Oc3ncccn3)CO2)C1. The van der Waals surface area contributed by atoms with Crippen LogP contribution in [0.1, 0.15) is 23.2 Å². The third-order valence-electron chi connectivity index (χ3n) is 4.50. The van der Waals surface area contributed by atoms with E-state index < -0.39 is 0 Å². The van der Waals surface area contributed by atoms with Crippen LogP contribution in [0.2, 0.25) is 0 Å². The maximum absolute atomic E-state index is 12.5. The molecule has 24 heavy (non-hydrogen) atoms. The minimum Gasteiger partial charge on any atom is -0.458 e. The van der Waals surface area contributed by atoms with Crippen molar-refractivity contribution in [3.63, 3.8) is 0 Å². The lowest BCUT2D eigenvalue weighted by Gasteiger charge is -2.23. The molecule has 7 heteroatoms. The number of pyridine rings is 1. The van der Waals surface area contributed by atoms with Crippen LogP contribution in [-0.2, 0) is 4.74 Å². The van der Waals surface area contributed by atoms with Gasteiger partial charge in [0.2, 0.25) is 0 Å². The number of ether oxygens (including phenoxy) is 2. The molecule has 2 fully saturated rings. The van der Waals surface area contributed by atoms with Gasteiger partial charge in [0.25, 0.3) is 5.91 Å². The predicted molar refractivity (Wildman–Crippen MR) is 84.5 cm³/mol. The molecule has 1 spiro atoms. The van der Waals surface area contributed by atoms with Crippen LogP contribution in [0.5, 0.6) is 6.01 Å². The van der Waals surface area contributed by atoms with Gasteiger partial charge in [-0.2, -0.15) is 0 Å². The van der Waals surface area contributed by atoms with Gasteiger partial charge >= 0.3 is 6.01 Å². The van der Waals surface area contributed by atoms with Crippen molar-refractivity contribution in [2.45, 2.75) is 24.5 Å². The van der Waals surface area contributed by atoms with Crippen molar-refractivity contribution >= 4 is 5.91 Å². The molecule has 0 saturated carbocycles. The number of aromatic nitrogens is 3. The van der Waals surface area contributed by atoms with E-state index in [1.165, 1.54) is 0 Å². The number of likely N-dealkylation sites (tertiary alicyclic amines) is 1. The summed E-state index contributed by atoms with van der Waals surface area (Å²) < 4.78 is 11.8. The summed E-state index contributed by atoms with van der Waals surface area (Å²) in [4.78, 5) is 26.5. The van der Waals surface area contributed by atoms with Crippen molar-refractivity contribution in [3.05, 3.63) is 48.5 Å². The molecule has 0 radical (unpaired) electrons. The molecule has 2 aromatic heterocycles. The molecule has 0 unspecified atom stereocenters. The molecule has 1 amide bonds. The number of carbonyl (C=O) groups excluding carboxylic acids is 1. The van der Waals surface area contributed by atoms with Gasteiger partial charge in [-0.1, -0.05) is 0 Å². The molecule has 0 aliphatic carbocycles. The fourth-order valence-corrected chi connectivity index (χ4v) is 3.35. The molecule has 0 N–H and O–H groups in total. The lowest BCUT2D eigenvalue weighted by atomic mass is 9.98. The largest absolute Gasteiger partial charge is 0.458 e. The third-order valence-corrected chi connectivity index (χ3v) is 4.50. The van der Waals surface area contributed by atoms with Gasteiger partial charge in [0.05, 0.1) is 24.3 Å². The summed E-state index contributed by atoms with van der Waals surface area (Å²) in [6.45, 7) is 1.76. The van der Waals surface area contributed by atoms with E-state index in [9.17, 15) is 4.79 Å². The minimum atomic E-state index is -0.322. The van der Waals surface area contributed by atoms with Gasteiger partial charge in [-0.05, 0) is 24.6 Å². The highest BCUT2D eigenvalue weighted by Gasteiger charge is 2.47. The Kier molecular flexibility index (Phi) is 3.86. The van der Waals surface area contributed by atoms with Crippen LogP contribution in [0.25, 0.3) is 0 Å². The second-order valence-corrected chi connectivity index (χ2v) is 6.19. The average Bonchev–Trinajstić information content (AvgIpc) is 3.23. The molecule has 0 aromatic carbocycles. The summed E-state index contributed by atoms with van der Waals surface area (Å²) in [6.07, 6.45) is 8.03. The van der Waals surface area contributed by atoms with E-state index in [0.717, 1.165) is 12.8 Å². The first-order valence-corrected chi connectivity index (χ1v) is 8.01. The highest BCUT2D eigenvalue weighted by atomic mass is 16.6. The Morgan fingerprint density at radius 1 is 1.29 bits per heavy atom. The summed E-state index contributed by atoms with van der Waals surface area (Å²) in [6, 6.07) is 5.67. The van der Waals surface area contributed by atoms with E-state index in [2.05, 4.69) is 15.0 Å². The summed E-state index contributed by atoms with van der Waals surface area (Å²) in [5.74, 6) is -0.000615. The van der Waals surface area contributed by atoms with Crippen LogP contribution in [0, 0.1) is 0 Å². The standard InChI is InChI=1S/C17H18N4O3/c22-15(13-3-1-5-18-10-13)21-8-4-17(12-21)9-14(11-23-17)24-16-19-6-2-7-20-16/h1-3,5-7,10,14H,4,8-9,11-12H2/t14-,17-/m0/s1. The van der Waals surface area contributed by atoms with Crippen molar-refractivity contribution in [1.82, 2.24) is 19.9 Å². The van der Waals surface area contributed by atoms with E-state index in [4.69, 9.17) is 9.47 Å². The van der Waals surface area contributed by atoms with Crippen LogP contribution in [0.3, 0.4) is 0 Å². The fourth-order valence-electron chi connectivity index (χ4n) is 3.35. The first kappa shape index (κ1) is 15.0. The first-order chi connectivity index (χ1) is 11.7. The first-order valence-electron chi connectivity index (χ1n) is 8.01. The Morgan fingerprint density at radius 3 is 2.96 bits per heavy atom. The molecule has 2 aliphatic rings. The molecule has 2 atom stereocenters. The topological polar surface area (TPSA) is 77.4 Å².